The van der Waals surface area contributed by atoms with Crippen molar-refractivity contribution in [2.24, 2.45) is 23.2 Å². The minimum absolute atomic E-state index is 0.106. The Morgan fingerprint density at radius 3 is 2.43 bits per heavy atom. The molecule has 1 unspecified atom stereocenters. The second kappa shape index (κ2) is 4.85. The van der Waals surface area contributed by atoms with E-state index < -0.39 is 0 Å². The fourth-order valence-electron chi connectivity index (χ4n) is 5.56. The zero-order valence-electron chi connectivity index (χ0n) is 12.8. The normalized spacial score (nSPS) is 38.4. The van der Waals surface area contributed by atoms with Crippen molar-refractivity contribution in [1.82, 2.24) is 15.1 Å². The van der Waals surface area contributed by atoms with E-state index in [4.69, 9.17) is 0 Å². The number of hydrogen-bond acceptors (Lipinski definition) is 2. The maximum Gasteiger partial charge on any atom is 0.244 e. The number of carbonyl (C=O) groups excluding carboxylic acids is 1. The molecule has 4 heteroatoms. The van der Waals surface area contributed by atoms with Crippen molar-refractivity contribution in [1.29, 1.82) is 0 Å². The van der Waals surface area contributed by atoms with Crippen molar-refractivity contribution in [2.45, 2.75) is 51.5 Å². The number of aromatic nitrogens is 2. The van der Waals surface area contributed by atoms with E-state index >= 15 is 0 Å². The van der Waals surface area contributed by atoms with E-state index in [2.05, 4.69) is 10.4 Å². The zero-order chi connectivity index (χ0) is 14.4. The topological polar surface area (TPSA) is 46.9 Å². The fourth-order valence-corrected chi connectivity index (χ4v) is 5.56. The molecule has 0 saturated heterocycles. The van der Waals surface area contributed by atoms with Crippen LogP contribution in [0.4, 0.5) is 0 Å². The van der Waals surface area contributed by atoms with Crippen molar-refractivity contribution >= 4 is 5.91 Å². The number of amides is 1. The number of nitrogens with zero attached hydrogens (tertiary/aromatic N) is 2. The largest absolute Gasteiger partial charge is 0.354 e. The molecule has 1 aromatic heterocycles. The molecule has 1 atom stereocenters. The van der Waals surface area contributed by atoms with Gasteiger partial charge in [-0.15, -0.1) is 0 Å². The maximum atomic E-state index is 12.4. The van der Waals surface area contributed by atoms with Crippen LogP contribution in [0.25, 0.3) is 0 Å². The monoisotopic (exact) mass is 287 g/mol. The highest BCUT2D eigenvalue weighted by atomic mass is 16.2. The van der Waals surface area contributed by atoms with Gasteiger partial charge in [0.1, 0.15) is 6.04 Å². The van der Waals surface area contributed by atoms with Crippen LogP contribution in [0.1, 0.15) is 51.5 Å². The molecular weight excluding hydrogens is 262 g/mol. The third kappa shape index (κ3) is 2.39. The summed E-state index contributed by atoms with van der Waals surface area (Å²) in [5.41, 5.74) is 0.411. The first kappa shape index (κ1) is 13.4. The molecule has 1 N–H and O–H groups in total. The van der Waals surface area contributed by atoms with Crippen LogP contribution in [-0.2, 0) is 4.79 Å². The first-order valence-electron chi connectivity index (χ1n) is 8.40. The maximum absolute atomic E-state index is 12.4. The van der Waals surface area contributed by atoms with E-state index in [1.165, 1.54) is 38.5 Å². The first-order valence-corrected chi connectivity index (χ1v) is 8.40. The molecule has 0 spiro atoms. The van der Waals surface area contributed by atoms with Gasteiger partial charge in [0.15, 0.2) is 0 Å². The molecule has 0 aromatic carbocycles. The van der Waals surface area contributed by atoms with Crippen LogP contribution in [-0.4, -0.2) is 22.2 Å². The van der Waals surface area contributed by atoms with E-state index in [0.717, 1.165) is 24.3 Å². The summed E-state index contributed by atoms with van der Waals surface area (Å²) in [6.45, 7) is 2.79. The molecule has 4 nitrogen and oxygen atoms in total. The molecular formula is C17H25N3O. The average Bonchev–Trinajstić information content (AvgIpc) is 2.96. The van der Waals surface area contributed by atoms with Gasteiger partial charge in [-0.3, -0.25) is 9.48 Å². The number of hydrogen-bond donors (Lipinski definition) is 1. The number of nitrogens with one attached hydrogen (secondary N) is 1. The van der Waals surface area contributed by atoms with Gasteiger partial charge in [-0.25, -0.2) is 0 Å². The Bertz CT molecular complexity index is 487. The van der Waals surface area contributed by atoms with E-state index in [0.29, 0.717) is 5.41 Å². The summed E-state index contributed by atoms with van der Waals surface area (Å²) in [4.78, 5) is 12.4. The van der Waals surface area contributed by atoms with E-state index in [1.807, 2.05) is 19.2 Å². The van der Waals surface area contributed by atoms with Crippen LogP contribution in [0.2, 0.25) is 0 Å². The minimum Gasteiger partial charge on any atom is -0.354 e. The highest BCUT2D eigenvalue weighted by molar-refractivity contribution is 5.79. The second-order valence-corrected chi connectivity index (χ2v) is 7.80. The summed E-state index contributed by atoms with van der Waals surface area (Å²) in [5.74, 6) is 2.93. The molecule has 4 aliphatic rings. The summed E-state index contributed by atoms with van der Waals surface area (Å²) in [6, 6.07) is 1.65. The predicted molar refractivity (Wildman–Crippen MR) is 80.6 cm³/mol. The third-order valence-corrected chi connectivity index (χ3v) is 6.10. The minimum atomic E-state index is -0.214. The highest BCUT2D eigenvalue weighted by Gasteiger charge is 2.50. The van der Waals surface area contributed by atoms with E-state index in [9.17, 15) is 4.79 Å². The lowest BCUT2D eigenvalue weighted by molar-refractivity contribution is -0.126. The van der Waals surface area contributed by atoms with Gasteiger partial charge in [0.2, 0.25) is 5.91 Å². The molecule has 0 aliphatic heterocycles. The van der Waals surface area contributed by atoms with Crippen LogP contribution >= 0.6 is 0 Å². The molecule has 4 saturated carbocycles. The molecule has 21 heavy (non-hydrogen) atoms. The standard InChI is InChI=1S/C17H25N3O/c1-12(20-4-2-3-19-20)16(21)18-11-17-8-13-5-14(9-17)7-15(6-13)10-17/h2-4,12-15H,5-11H2,1H3,(H,18,21). The summed E-state index contributed by atoms with van der Waals surface area (Å²) < 4.78 is 1.73. The number of carbonyl (C=O) groups is 1. The smallest absolute Gasteiger partial charge is 0.244 e. The summed E-state index contributed by atoms with van der Waals surface area (Å²) in [7, 11) is 0. The molecule has 1 aromatic rings. The average molecular weight is 287 g/mol. The third-order valence-electron chi connectivity index (χ3n) is 6.10. The highest BCUT2D eigenvalue weighted by Crippen LogP contribution is 2.59. The van der Waals surface area contributed by atoms with Gasteiger partial charge in [-0.2, -0.15) is 5.10 Å². The lowest BCUT2D eigenvalue weighted by Gasteiger charge is -2.57. The van der Waals surface area contributed by atoms with Gasteiger partial charge < -0.3 is 5.32 Å². The molecule has 0 radical (unpaired) electrons. The molecule has 5 rings (SSSR count). The summed E-state index contributed by atoms with van der Waals surface area (Å²) in [5, 5.41) is 7.40. The Kier molecular flexibility index (Phi) is 3.09. The Labute approximate surface area is 126 Å². The summed E-state index contributed by atoms with van der Waals surface area (Å²) in [6.07, 6.45) is 12.0. The van der Waals surface area contributed by atoms with Crippen LogP contribution in [0.3, 0.4) is 0 Å². The van der Waals surface area contributed by atoms with Gasteiger partial charge in [-0.1, -0.05) is 0 Å². The Morgan fingerprint density at radius 2 is 1.90 bits per heavy atom. The lowest BCUT2D eigenvalue weighted by atomic mass is 9.49. The van der Waals surface area contributed by atoms with Crippen molar-refractivity contribution < 1.29 is 4.79 Å². The van der Waals surface area contributed by atoms with E-state index in [1.54, 1.807) is 10.9 Å². The quantitative estimate of drug-likeness (QED) is 0.925. The Hall–Kier alpha value is -1.32. The first-order chi connectivity index (χ1) is 10.1. The van der Waals surface area contributed by atoms with Gasteiger partial charge in [0.25, 0.3) is 0 Å². The van der Waals surface area contributed by atoms with Crippen molar-refractivity contribution in [3.8, 4) is 0 Å². The van der Waals surface area contributed by atoms with Crippen LogP contribution < -0.4 is 5.32 Å². The van der Waals surface area contributed by atoms with Crippen molar-refractivity contribution in [3.05, 3.63) is 18.5 Å². The summed E-state index contributed by atoms with van der Waals surface area (Å²) >= 11 is 0. The van der Waals surface area contributed by atoms with Crippen molar-refractivity contribution in [3.63, 3.8) is 0 Å². The van der Waals surface area contributed by atoms with Crippen LogP contribution in [0.5, 0.6) is 0 Å². The molecule has 1 amide bonds. The predicted octanol–water partition coefficient (Wildman–Crippen LogP) is 2.78. The molecule has 4 fully saturated rings. The van der Waals surface area contributed by atoms with Crippen molar-refractivity contribution in [2.75, 3.05) is 6.54 Å². The van der Waals surface area contributed by atoms with Gasteiger partial charge in [0.05, 0.1) is 0 Å². The molecule has 4 aliphatic carbocycles. The van der Waals surface area contributed by atoms with Gasteiger partial charge in [0, 0.05) is 18.9 Å². The van der Waals surface area contributed by atoms with Gasteiger partial charge in [-0.05, 0) is 74.7 Å². The lowest BCUT2D eigenvalue weighted by Crippen LogP contribution is -2.51. The number of rotatable bonds is 4. The Balaban J connectivity index is 1.39. The second-order valence-electron chi connectivity index (χ2n) is 7.80. The Morgan fingerprint density at radius 1 is 1.29 bits per heavy atom. The van der Waals surface area contributed by atoms with Gasteiger partial charge >= 0.3 is 0 Å². The SMILES string of the molecule is CC(C(=O)NCC12CC3CC(CC(C3)C1)C2)n1cccn1. The van der Waals surface area contributed by atoms with Crippen LogP contribution in [0, 0.1) is 23.2 Å². The molecule has 4 bridgehead atoms. The zero-order valence-corrected chi connectivity index (χ0v) is 12.8. The fraction of sp³-hybridized carbons (Fsp3) is 0.765. The van der Waals surface area contributed by atoms with Crippen LogP contribution in [0.15, 0.2) is 18.5 Å². The molecule has 1 heterocycles. The molecule has 114 valence electrons. The van der Waals surface area contributed by atoms with E-state index in [-0.39, 0.29) is 11.9 Å².